The van der Waals surface area contributed by atoms with E-state index in [4.69, 9.17) is 5.73 Å². The zero-order valence-electron chi connectivity index (χ0n) is 6.31. The molecule has 0 unspecified atom stereocenters. The summed E-state index contributed by atoms with van der Waals surface area (Å²) in [6.45, 7) is 4.07. The van der Waals surface area contributed by atoms with Gasteiger partial charge in [-0.3, -0.25) is 0 Å². The molecule has 0 aliphatic rings. The van der Waals surface area contributed by atoms with Gasteiger partial charge in [0.05, 0.1) is 0 Å². The molecule has 0 fully saturated rings. The molecule has 1 radical (unpaired) electrons. The van der Waals surface area contributed by atoms with Crippen molar-refractivity contribution < 1.29 is 44.1 Å². The average molecular weight is 347 g/mol. The van der Waals surface area contributed by atoms with E-state index in [1.165, 1.54) is 11.1 Å². The predicted molar refractivity (Wildman–Crippen MR) is 39.9 cm³/mol. The quantitative estimate of drug-likeness (QED) is 0.689. The Kier molecular flexibility index (Phi) is 4.56. The molecule has 1 aromatic rings. The van der Waals surface area contributed by atoms with Gasteiger partial charge in [-0.1, -0.05) is 18.2 Å². The summed E-state index contributed by atoms with van der Waals surface area (Å²) in [4.78, 5) is 0. The second kappa shape index (κ2) is 4.36. The first-order valence-corrected chi connectivity index (χ1v) is 2.99. The maximum Gasteiger partial charge on any atom is 0 e. The van der Waals surface area contributed by atoms with Crippen molar-refractivity contribution in [2.75, 3.05) is 0 Å². The van der Waals surface area contributed by atoms with Crippen LogP contribution in [0.5, 0.6) is 0 Å². The van der Waals surface area contributed by atoms with Gasteiger partial charge in [0.2, 0.25) is 0 Å². The van der Waals surface area contributed by atoms with Crippen LogP contribution < -0.4 is 0 Å². The molecule has 51 valence electrons. The van der Waals surface area contributed by atoms with E-state index in [9.17, 15) is 0 Å². The Balaban J connectivity index is 0.000000810. The molecule has 1 rings (SSSR count). The van der Waals surface area contributed by atoms with E-state index in [1.54, 1.807) is 0 Å². The number of benzene rings is 1. The molecular formula is C8H10AcN-. The maximum absolute atomic E-state index is 7.23. The predicted octanol–water partition coefficient (Wildman–Crippen LogP) is 2.99. The summed E-state index contributed by atoms with van der Waals surface area (Å²) in [6.07, 6.45) is 0. The molecule has 1 aromatic carbocycles. The Morgan fingerprint density at radius 1 is 1.10 bits per heavy atom. The van der Waals surface area contributed by atoms with Gasteiger partial charge in [-0.25, -0.2) is 0 Å². The summed E-state index contributed by atoms with van der Waals surface area (Å²) in [5.41, 5.74) is 10.3. The molecule has 0 aromatic heterocycles. The average Bonchev–Trinajstić information content (AvgIpc) is 1.80. The van der Waals surface area contributed by atoms with Gasteiger partial charge < -0.3 is 5.73 Å². The SMILES string of the molecule is Cc1ccc([NH-])cc1C.[Ac]. The van der Waals surface area contributed by atoms with Gasteiger partial charge in [-0.2, -0.15) is 0 Å². The third-order valence-electron chi connectivity index (χ3n) is 1.51. The van der Waals surface area contributed by atoms with Gasteiger partial charge in [0, 0.05) is 44.1 Å². The van der Waals surface area contributed by atoms with Gasteiger partial charge in [0.25, 0.3) is 0 Å². The Bertz CT molecular complexity index is 220. The minimum Gasteiger partial charge on any atom is -0.699 e. The van der Waals surface area contributed by atoms with Crippen LogP contribution in [0.25, 0.3) is 5.73 Å². The van der Waals surface area contributed by atoms with Crippen molar-refractivity contribution in [3.05, 3.63) is 35.1 Å². The molecule has 0 spiro atoms. The molecule has 1 N–H and O–H groups in total. The second-order valence-corrected chi connectivity index (χ2v) is 2.30. The number of hydrogen-bond donors (Lipinski definition) is 0. The maximum atomic E-state index is 7.23. The van der Waals surface area contributed by atoms with Crippen LogP contribution in [0.3, 0.4) is 0 Å². The summed E-state index contributed by atoms with van der Waals surface area (Å²) >= 11 is 0. The summed E-state index contributed by atoms with van der Waals surface area (Å²) in [7, 11) is 0. The van der Waals surface area contributed by atoms with Gasteiger partial charge in [-0.05, 0) is 25.0 Å². The fraction of sp³-hybridized carbons (Fsp3) is 0.250. The van der Waals surface area contributed by atoms with E-state index < -0.39 is 0 Å². The molecule has 10 heavy (non-hydrogen) atoms. The number of nitrogens with one attached hydrogen (secondary N) is 1. The van der Waals surface area contributed by atoms with Crippen LogP contribution in [0, 0.1) is 57.9 Å². The van der Waals surface area contributed by atoms with Crippen LogP contribution in [-0.2, 0) is 0 Å². The van der Waals surface area contributed by atoms with Crippen molar-refractivity contribution in [2.45, 2.75) is 13.8 Å². The van der Waals surface area contributed by atoms with Gasteiger partial charge >= 0.3 is 0 Å². The molecule has 0 aliphatic carbocycles. The number of aryl methyl sites for hydroxylation is 2. The molecular weight excluding hydrogens is 337 g/mol. The zero-order valence-corrected chi connectivity index (χ0v) is 11.1. The minimum absolute atomic E-state index is 0. The first kappa shape index (κ1) is 10.5. The molecule has 0 atom stereocenters. The topological polar surface area (TPSA) is 23.8 Å². The van der Waals surface area contributed by atoms with E-state index in [0.717, 1.165) is 0 Å². The third-order valence-corrected chi connectivity index (χ3v) is 1.51. The first-order chi connectivity index (χ1) is 4.20. The Labute approximate surface area is 97.6 Å². The van der Waals surface area contributed by atoms with Crippen molar-refractivity contribution in [3.63, 3.8) is 0 Å². The standard InChI is InChI=1S/C8H10N.Ac/c1-6-3-4-8(9)5-7(6)2;/h3-5,9H,1-2H3;/q-1;. The van der Waals surface area contributed by atoms with Crippen LogP contribution in [0.2, 0.25) is 0 Å². The van der Waals surface area contributed by atoms with Gasteiger partial charge in [0.15, 0.2) is 0 Å². The summed E-state index contributed by atoms with van der Waals surface area (Å²) < 4.78 is 0. The van der Waals surface area contributed by atoms with E-state index >= 15 is 0 Å². The van der Waals surface area contributed by atoms with Crippen molar-refractivity contribution in [2.24, 2.45) is 0 Å². The van der Waals surface area contributed by atoms with Crippen LogP contribution in [0.15, 0.2) is 18.2 Å². The third kappa shape index (κ3) is 2.60. The van der Waals surface area contributed by atoms with E-state index in [1.807, 2.05) is 25.1 Å². The van der Waals surface area contributed by atoms with Crippen molar-refractivity contribution >= 4 is 5.69 Å². The largest absolute Gasteiger partial charge is 0.699 e. The molecule has 0 bridgehead atoms. The minimum atomic E-state index is 0. The van der Waals surface area contributed by atoms with Crippen LogP contribution in [0.1, 0.15) is 11.1 Å². The monoisotopic (exact) mass is 347 g/mol. The van der Waals surface area contributed by atoms with Gasteiger partial charge in [0.1, 0.15) is 0 Å². The zero-order chi connectivity index (χ0) is 6.85. The molecule has 0 saturated heterocycles. The molecule has 0 aliphatic heterocycles. The van der Waals surface area contributed by atoms with Crippen molar-refractivity contribution in [1.29, 1.82) is 0 Å². The molecule has 0 saturated carbocycles. The smallest absolute Gasteiger partial charge is 0 e. The first-order valence-electron chi connectivity index (χ1n) is 2.99. The van der Waals surface area contributed by atoms with Crippen LogP contribution in [0.4, 0.5) is 5.69 Å². The fourth-order valence-corrected chi connectivity index (χ4v) is 0.741. The summed E-state index contributed by atoms with van der Waals surface area (Å²) in [5.74, 6) is 0. The van der Waals surface area contributed by atoms with E-state index in [0.29, 0.717) is 5.69 Å². The van der Waals surface area contributed by atoms with Crippen LogP contribution >= 0.6 is 0 Å². The fourth-order valence-electron chi connectivity index (χ4n) is 0.741. The Hall–Kier alpha value is 0.462. The molecule has 2 heteroatoms. The van der Waals surface area contributed by atoms with Crippen molar-refractivity contribution in [1.82, 2.24) is 0 Å². The van der Waals surface area contributed by atoms with Crippen molar-refractivity contribution in [3.8, 4) is 0 Å². The summed E-state index contributed by atoms with van der Waals surface area (Å²) in [6, 6.07) is 5.65. The molecule has 0 heterocycles. The number of rotatable bonds is 0. The number of hydrogen-bond acceptors (Lipinski definition) is 0. The summed E-state index contributed by atoms with van der Waals surface area (Å²) in [5, 5.41) is 0. The van der Waals surface area contributed by atoms with E-state index in [2.05, 4.69) is 6.92 Å². The van der Waals surface area contributed by atoms with Gasteiger partial charge in [-0.15, -0.1) is 5.69 Å². The van der Waals surface area contributed by atoms with Crippen LogP contribution in [-0.4, -0.2) is 0 Å². The molecule has 1 nitrogen and oxygen atoms in total. The second-order valence-electron chi connectivity index (χ2n) is 2.30. The van der Waals surface area contributed by atoms with E-state index in [-0.39, 0.29) is 44.1 Å². The Morgan fingerprint density at radius 2 is 1.70 bits per heavy atom. The normalized spacial score (nSPS) is 8.60. The Morgan fingerprint density at radius 3 is 2.10 bits per heavy atom. The molecule has 0 amide bonds.